The van der Waals surface area contributed by atoms with Crippen molar-refractivity contribution in [2.24, 2.45) is 0 Å². The molecule has 0 aliphatic heterocycles. The molecule has 0 amide bonds. The van der Waals surface area contributed by atoms with Gasteiger partial charge in [-0.2, -0.15) is 0 Å². The summed E-state index contributed by atoms with van der Waals surface area (Å²) in [5.74, 6) is 0. The second-order valence-electron chi connectivity index (χ2n) is 6.45. The predicted octanol–water partition coefficient (Wildman–Crippen LogP) is 3.42. The lowest BCUT2D eigenvalue weighted by atomic mass is 9.75. The zero-order valence-electron chi connectivity index (χ0n) is 13.2. The van der Waals surface area contributed by atoms with Gasteiger partial charge in [-0.15, -0.1) is 0 Å². The molecule has 0 bridgehead atoms. The van der Waals surface area contributed by atoms with Gasteiger partial charge in [-0.3, -0.25) is 0 Å². The largest absolute Gasteiger partial charge is 0.391 e. The van der Waals surface area contributed by atoms with E-state index in [9.17, 15) is 5.11 Å². The van der Waals surface area contributed by atoms with E-state index in [0.29, 0.717) is 0 Å². The minimum absolute atomic E-state index is 0.0261. The maximum atomic E-state index is 10.8. The quantitative estimate of drug-likeness (QED) is 0.890. The molecule has 0 saturated heterocycles. The SMILES string of the molecule is CCc1ccc(CC(O)C2(N(C)C)CCCCC2)cc1. The van der Waals surface area contributed by atoms with Crippen molar-refractivity contribution >= 4 is 0 Å². The lowest BCUT2D eigenvalue weighted by Crippen LogP contribution is -2.55. The Morgan fingerprint density at radius 3 is 2.10 bits per heavy atom. The summed E-state index contributed by atoms with van der Waals surface area (Å²) in [4.78, 5) is 2.26. The Hall–Kier alpha value is -0.860. The van der Waals surface area contributed by atoms with Gasteiger partial charge in [0.25, 0.3) is 0 Å². The van der Waals surface area contributed by atoms with Gasteiger partial charge in [-0.05, 0) is 44.5 Å². The van der Waals surface area contributed by atoms with E-state index >= 15 is 0 Å². The first kappa shape index (κ1) is 15.5. The number of aryl methyl sites for hydroxylation is 1. The highest BCUT2D eigenvalue weighted by Crippen LogP contribution is 2.36. The van der Waals surface area contributed by atoms with Gasteiger partial charge in [0.1, 0.15) is 0 Å². The van der Waals surface area contributed by atoms with Crippen LogP contribution in [0.2, 0.25) is 0 Å². The van der Waals surface area contributed by atoms with E-state index in [4.69, 9.17) is 0 Å². The van der Waals surface area contributed by atoms with E-state index in [2.05, 4.69) is 50.2 Å². The highest BCUT2D eigenvalue weighted by Gasteiger charge is 2.40. The fourth-order valence-corrected chi connectivity index (χ4v) is 3.57. The van der Waals surface area contributed by atoms with Gasteiger partial charge in [-0.1, -0.05) is 50.5 Å². The van der Waals surface area contributed by atoms with Crippen LogP contribution in [0.3, 0.4) is 0 Å². The molecular formula is C18H29NO. The average molecular weight is 275 g/mol. The molecule has 1 aliphatic rings. The maximum Gasteiger partial charge on any atom is 0.0763 e. The molecule has 1 N–H and O–H groups in total. The molecule has 1 aromatic rings. The van der Waals surface area contributed by atoms with Gasteiger partial charge in [0, 0.05) is 12.0 Å². The Morgan fingerprint density at radius 1 is 1.05 bits per heavy atom. The molecule has 1 atom stereocenters. The molecule has 1 aliphatic carbocycles. The number of benzene rings is 1. The lowest BCUT2D eigenvalue weighted by Gasteiger charge is -2.46. The first-order chi connectivity index (χ1) is 9.58. The van der Waals surface area contributed by atoms with Gasteiger partial charge in [0.2, 0.25) is 0 Å². The van der Waals surface area contributed by atoms with Crippen LogP contribution in [-0.4, -0.2) is 35.7 Å². The Bertz CT molecular complexity index is 404. The van der Waals surface area contributed by atoms with Crippen molar-refractivity contribution in [1.29, 1.82) is 0 Å². The topological polar surface area (TPSA) is 23.5 Å². The third-order valence-electron chi connectivity index (χ3n) is 5.09. The van der Waals surface area contributed by atoms with Crippen LogP contribution < -0.4 is 0 Å². The van der Waals surface area contributed by atoms with Crippen molar-refractivity contribution in [3.8, 4) is 0 Å². The highest BCUT2D eigenvalue weighted by atomic mass is 16.3. The van der Waals surface area contributed by atoms with E-state index in [1.807, 2.05) is 0 Å². The zero-order chi connectivity index (χ0) is 14.6. The summed E-state index contributed by atoms with van der Waals surface area (Å²) >= 11 is 0. The summed E-state index contributed by atoms with van der Waals surface area (Å²) in [5.41, 5.74) is 2.59. The molecule has 0 spiro atoms. The third kappa shape index (κ3) is 3.24. The average Bonchev–Trinajstić information content (AvgIpc) is 2.48. The predicted molar refractivity (Wildman–Crippen MR) is 85.0 cm³/mol. The van der Waals surface area contributed by atoms with Crippen molar-refractivity contribution in [3.63, 3.8) is 0 Å². The smallest absolute Gasteiger partial charge is 0.0763 e. The van der Waals surface area contributed by atoms with Gasteiger partial charge in [0.15, 0.2) is 0 Å². The summed E-state index contributed by atoms with van der Waals surface area (Å²) in [6.45, 7) is 2.17. The van der Waals surface area contributed by atoms with Crippen LogP contribution in [-0.2, 0) is 12.8 Å². The minimum Gasteiger partial charge on any atom is -0.391 e. The monoisotopic (exact) mass is 275 g/mol. The molecule has 2 nitrogen and oxygen atoms in total. The second-order valence-corrected chi connectivity index (χ2v) is 6.45. The van der Waals surface area contributed by atoms with Crippen LogP contribution in [0.5, 0.6) is 0 Å². The van der Waals surface area contributed by atoms with Crippen molar-refractivity contribution in [3.05, 3.63) is 35.4 Å². The minimum atomic E-state index is -0.273. The van der Waals surface area contributed by atoms with E-state index in [1.54, 1.807) is 0 Å². The molecule has 0 heterocycles. The lowest BCUT2D eigenvalue weighted by molar-refractivity contribution is -0.0310. The molecule has 2 heteroatoms. The number of rotatable bonds is 5. The molecule has 0 aromatic heterocycles. The molecule has 1 unspecified atom stereocenters. The van der Waals surface area contributed by atoms with Gasteiger partial charge in [0.05, 0.1) is 6.10 Å². The fourth-order valence-electron chi connectivity index (χ4n) is 3.57. The van der Waals surface area contributed by atoms with Crippen LogP contribution in [0.25, 0.3) is 0 Å². The summed E-state index contributed by atoms with van der Waals surface area (Å²) in [7, 11) is 4.24. The van der Waals surface area contributed by atoms with Crippen LogP contribution in [0.4, 0.5) is 0 Å². The Balaban J connectivity index is 2.09. The summed E-state index contributed by atoms with van der Waals surface area (Å²) in [5, 5.41) is 10.8. The van der Waals surface area contributed by atoms with Crippen LogP contribution in [0, 0.1) is 0 Å². The maximum absolute atomic E-state index is 10.8. The normalized spacial score (nSPS) is 20.1. The van der Waals surface area contributed by atoms with Gasteiger partial charge >= 0.3 is 0 Å². The van der Waals surface area contributed by atoms with E-state index in [-0.39, 0.29) is 11.6 Å². The first-order valence-corrected chi connectivity index (χ1v) is 8.02. The number of aliphatic hydroxyl groups excluding tert-OH is 1. The molecule has 20 heavy (non-hydrogen) atoms. The van der Waals surface area contributed by atoms with Crippen LogP contribution >= 0.6 is 0 Å². The van der Waals surface area contributed by atoms with Crippen molar-refractivity contribution in [1.82, 2.24) is 4.90 Å². The summed E-state index contributed by atoms with van der Waals surface area (Å²) < 4.78 is 0. The van der Waals surface area contributed by atoms with Crippen LogP contribution in [0.1, 0.15) is 50.2 Å². The number of aliphatic hydroxyl groups is 1. The fraction of sp³-hybridized carbons (Fsp3) is 0.667. The van der Waals surface area contributed by atoms with Gasteiger partial charge < -0.3 is 10.0 Å². The number of hydrogen-bond acceptors (Lipinski definition) is 2. The molecular weight excluding hydrogens is 246 g/mol. The number of nitrogens with zero attached hydrogens (tertiary/aromatic N) is 1. The van der Waals surface area contributed by atoms with Crippen molar-refractivity contribution in [2.45, 2.75) is 63.5 Å². The summed E-state index contributed by atoms with van der Waals surface area (Å²) in [6, 6.07) is 8.72. The Kier molecular flexibility index (Phi) is 5.22. The van der Waals surface area contributed by atoms with Crippen LogP contribution in [0.15, 0.2) is 24.3 Å². The van der Waals surface area contributed by atoms with Gasteiger partial charge in [-0.25, -0.2) is 0 Å². The highest BCUT2D eigenvalue weighted by molar-refractivity contribution is 5.23. The standard InChI is InChI=1S/C18H29NO/c1-4-15-8-10-16(11-9-15)14-17(20)18(19(2)3)12-6-5-7-13-18/h8-11,17,20H,4-7,12-14H2,1-3H3. The van der Waals surface area contributed by atoms with E-state index in [1.165, 1.54) is 30.4 Å². The Labute approximate surface area is 123 Å². The molecule has 1 saturated carbocycles. The number of hydrogen-bond donors (Lipinski definition) is 1. The second kappa shape index (κ2) is 6.73. The summed E-state index contributed by atoms with van der Waals surface area (Å²) in [6.07, 6.45) is 7.60. The molecule has 1 aromatic carbocycles. The Morgan fingerprint density at radius 2 is 1.60 bits per heavy atom. The molecule has 0 radical (unpaired) electrons. The number of likely N-dealkylation sites (N-methyl/N-ethyl adjacent to an activating group) is 1. The zero-order valence-corrected chi connectivity index (χ0v) is 13.2. The third-order valence-corrected chi connectivity index (χ3v) is 5.09. The first-order valence-electron chi connectivity index (χ1n) is 8.02. The van der Waals surface area contributed by atoms with Crippen molar-refractivity contribution < 1.29 is 5.11 Å². The molecule has 112 valence electrons. The molecule has 2 rings (SSSR count). The van der Waals surface area contributed by atoms with Crippen molar-refractivity contribution in [2.75, 3.05) is 14.1 Å². The van der Waals surface area contributed by atoms with E-state index in [0.717, 1.165) is 25.7 Å². The molecule has 1 fully saturated rings. The van der Waals surface area contributed by atoms with E-state index < -0.39 is 0 Å².